The molecule has 0 unspecified atom stereocenters. The van der Waals surface area contributed by atoms with Crippen LogP contribution in [0.1, 0.15) is 26.5 Å². The number of hydrogen-bond acceptors (Lipinski definition) is 9. The lowest BCUT2D eigenvalue weighted by atomic mass is 10.0. The normalized spacial score (nSPS) is 12.5. The van der Waals surface area contributed by atoms with Crippen LogP contribution in [0.15, 0.2) is 90.8 Å². The fraction of sp³-hybridized carbons (Fsp3) is 0.192. The van der Waals surface area contributed by atoms with Crippen molar-refractivity contribution in [2.45, 2.75) is 38.1 Å². The van der Waals surface area contributed by atoms with Crippen molar-refractivity contribution in [1.29, 1.82) is 0 Å². The first-order chi connectivity index (χ1) is 18.2. The van der Waals surface area contributed by atoms with Gasteiger partial charge >= 0.3 is 0 Å². The molecule has 12 nitrogen and oxygen atoms in total. The van der Waals surface area contributed by atoms with Crippen LogP contribution in [0.25, 0.3) is 16.8 Å². The zero-order chi connectivity index (χ0) is 28.5. The summed E-state index contributed by atoms with van der Waals surface area (Å²) >= 11 is 0. The molecule has 13 heteroatoms. The second kappa shape index (κ2) is 10.3. The average molecular weight is 551 g/mol. The predicted octanol–water partition coefficient (Wildman–Crippen LogP) is 6.10. The van der Waals surface area contributed by atoms with Crippen molar-refractivity contribution in [2.24, 2.45) is 20.5 Å². The minimum absolute atomic E-state index is 0.0118. The van der Waals surface area contributed by atoms with Gasteiger partial charge in [-0.05, 0) is 87.4 Å². The van der Waals surface area contributed by atoms with Crippen LogP contribution in [-0.2, 0) is 10.1 Å². The van der Waals surface area contributed by atoms with Crippen LogP contribution in [-0.4, -0.2) is 38.5 Å². The molecule has 1 heterocycles. The van der Waals surface area contributed by atoms with Gasteiger partial charge in [0, 0.05) is 0 Å². The van der Waals surface area contributed by atoms with Crippen molar-refractivity contribution in [2.75, 3.05) is 0 Å². The van der Waals surface area contributed by atoms with Crippen molar-refractivity contribution in [3.05, 3.63) is 76.7 Å². The second-order valence-electron chi connectivity index (χ2n) is 9.67. The molecule has 0 aliphatic carbocycles. The molecule has 202 valence electrons. The zero-order valence-corrected chi connectivity index (χ0v) is 22.3. The van der Waals surface area contributed by atoms with Gasteiger partial charge in [0.1, 0.15) is 22.9 Å². The first-order valence-corrected chi connectivity index (χ1v) is 13.1. The highest BCUT2D eigenvalue weighted by Gasteiger charge is 2.15. The van der Waals surface area contributed by atoms with E-state index in [0.29, 0.717) is 28.2 Å². The maximum Gasteiger partial charge on any atom is 0.299 e. The maximum atomic E-state index is 12.9. The molecule has 0 saturated heterocycles. The Hall–Kier alpha value is -4.62. The van der Waals surface area contributed by atoms with Crippen molar-refractivity contribution in [3.63, 3.8) is 0 Å². The highest BCUT2D eigenvalue weighted by atomic mass is 32.2. The monoisotopic (exact) mass is 550 g/mol. The van der Waals surface area contributed by atoms with E-state index in [-0.39, 0.29) is 33.3 Å². The highest BCUT2D eigenvalue weighted by Crippen LogP contribution is 2.36. The third-order valence-corrected chi connectivity index (χ3v) is 6.30. The molecule has 0 bridgehead atoms. The van der Waals surface area contributed by atoms with Crippen molar-refractivity contribution in [1.82, 2.24) is 9.78 Å². The van der Waals surface area contributed by atoms with Crippen LogP contribution in [0.2, 0.25) is 0 Å². The summed E-state index contributed by atoms with van der Waals surface area (Å²) in [6.07, 6.45) is 0. The van der Waals surface area contributed by atoms with Gasteiger partial charge in [-0.25, -0.2) is 4.68 Å². The quantitative estimate of drug-likeness (QED) is 0.166. The standard InChI is InChI=1S/C26H26N6O6S/c1-15-24(25(35)32(30-15)18-7-9-19(10-8-18)39(36,37)38)29-27-20-11-5-16(13-22(20)33)17-6-12-21(23(34)14-17)28-31-26(2,3)4/h5-14,30,33-34H,1-4H3,(H,36,37,38). The highest BCUT2D eigenvalue weighted by molar-refractivity contribution is 7.85. The molecule has 0 saturated carbocycles. The number of benzene rings is 3. The SMILES string of the molecule is Cc1[nH]n(-c2ccc(S(=O)(=O)O)cc2)c(=O)c1N=Nc1ccc(-c2ccc(N=NC(C)(C)C)c(O)c2)cc1O. The Balaban J connectivity index is 1.57. The minimum atomic E-state index is -4.37. The molecule has 0 amide bonds. The van der Waals surface area contributed by atoms with Gasteiger partial charge in [0.15, 0.2) is 5.69 Å². The molecule has 4 rings (SSSR count). The molecule has 39 heavy (non-hydrogen) atoms. The van der Waals surface area contributed by atoms with E-state index in [0.717, 1.165) is 16.8 Å². The number of aromatic amines is 1. The van der Waals surface area contributed by atoms with E-state index >= 15 is 0 Å². The molecular formula is C26H26N6O6S. The van der Waals surface area contributed by atoms with Gasteiger partial charge in [-0.1, -0.05) is 12.1 Å². The van der Waals surface area contributed by atoms with E-state index in [2.05, 4.69) is 25.6 Å². The Morgan fingerprint density at radius 3 is 1.85 bits per heavy atom. The smallest absolute Gasteiger partial charge is 0.299 e. The number of phenolic OH excluding ortho intramolecular Hbond substituents is 2. The van der Waals surface area contributed by atoms with Gasteiger partial charge in [0.2, 0.25) is 0 Å². The Morgan fingerprint density at radius 1 is 0.821 bits per heavy atom. The Kier molecular flexibility index (Phi) is 7.22. The number of rotatable bonds is 6. The Morgan fingerprint density at radius 2 is 1.36 bits per heavy atom. The van der Waals surface area contributed by atoms with Gasteiger partial charge in [-0.3, -0.25) is 14.4 Å². The molecule has 0 aliphatic rings. The number of aryl methyl sites for hydroxylation is 1. The van der Waals surface area contributed by atoms with Crippen LogP contribution >= 0.6 is 0 Å². The molecular weight excluding hydrogens is 524 g/mol. The lowest BCUT2D eigenvalue weighted by molar-refractivity contribution is 0.474. The summed E-state index contributed by atoms with van der Waals surface area (Å²) in [5, 5.41) is 40.0. The van der Waals surface area contributed by atoms with Crippen molar-refractivity contribution in [3.8, 4) is 28.3 Å². The molecule has 1 aromatic heterocycles. The molecule has 4 N–H and O–H groups in total. The van der Waals surface area contributed by atoms with E-state index < -0.39 is 15.7 Å². The molecule has 0 aliphatic heterocycles. The Bertz CT molecular complexity index is 1760. The van der Waals surface area contributed by atoms with Crippen LogP contribution in [0.4, 0.5) is 17.1 Å². The van der Waals surface area contributed by atoms with E-state index in [9.17, 15) is 23.4 Å². The lowest BCUT2D eigenvalue weighted by Crippen LogP contribution is -2.14. The summed E-state index contributed by atoms with van der Waals surface area (Å²) < 4.78 is 32.8. The van der Waals surface area contributed by atoms with E-state index in [1.807, 2.05) is 20.8 Å². The topological polar surface area (TPSA) is 182 Å². The fourth-order valence-electron chi connectivity index (χ4n) is 3.49. The largest absolute Gasteiger partial charge is 0.506 e. The fourth-order valence-corrected chi connectivity index (χ4v) is 3.97. The number of azo groups is 2. The summed E-state index contributed by atoms with van der Waals surface area (Å²) in [4.78, 5) is 12.6. The summed E-state index contributed by atoms with van der Waals surface area (Å²) in [5.74, 6) is -0.253. The number of nitrogens with one attached hydrogen (secondary N) is 1. The summed E-state index contributed by atoms with van der Waals surface area (Å²) in [6.45, 7) is 7.29. The first kappa shape index (κ1) is 27.4. The van der Waals surface area contributed by atoms with E-state index in [1.54, 1.807) is 25.1 Å². The van der Waals surface area contributed by atoms with Crippen LogP contribution in [0.5, 0.6) is 11.5 Å². The van der Waals surface area contributed by atoms with E-state index in [1.165, 1.54) is 30.3 Å². The van der Waals surface area contributed by atoms with Crippen LogP contribution in [0, 0.1) is 6.92 Å². The summed E-state index contributed by atoms with van der Waals surface area (Å²) in [5.41, 5.74) is 1.43. The summed E-state index contributed by atoms with van der Waals surface area (Å²) in [7, 11) is -4.37. The van der Waals surface area contributed by atoms with Crippen molar-refractivity contribution >= 4 is 27.2 Å². The van der Waals surface area contributed by atoms with Gasteiger partial charge < -0.3 is 10.2 Å². The second-order valence-corrected chi connectivity index (χ2v) is 11.1. The Labute approximate surface area is 223 Å². The lowest BCUT2D eigenvalue weighted by Gasteiger charge is -2.10. The summed E-state index contributed by atoms with van der Waals surface area (Å²) in [6, 6.07) is 14.6. The van der Waals surface area contributed by atoms with E-state index in [4.69, 9.17) is 4.55 Å². The maximum absolute atomic E-state index is 12.9. The number of phenols is 2. The average Bonchev–Trinajstić information content (AvgIpc) is 3.14. The minimum Gasteiger partial charge on any atom is -0.506 e. The molecule has 3 aromatic carbocycles. The third kappa shape index (κ3) is 6.27. The predicted molar refractivity (Wildman–Crippen MR) is 145 cm³/mol. The number of hydrogen-bond donors (Lipinski definition) is 4. The van der Waals surface area contributed by atoms with Gasteiger partial charge in [-0.2, -0.15) is 18.6 Å². The third-order valence-electron chi connectivity index (χ3n) is 5.43. The number of aromatic nitrogens is 2. The molecule has 4 aromatic rings. The number of aromatic hydroxyl groups is 2. The van der Waals surface area contributed by atoms with Crippen LogP contribution in [0.3, 0.4) is 0 Å². The van der Waals surface area contributed by atoms with Crippen molar-refractivity contribution < 1.29 is 23.2 Å². The molecule has 0 radical (unpaired) electrons. The van der Waals surface area contributed by atoms with Gasteiger partial charge in [-0.15, -0.1) is 10.2 Å². The van der Waals surface area contributed by atoms with Gasteiger partial charge in [0.05, 0.1) is 21.8 Å². The van der Waals surface area contributed by atoms with Gasteiger partial charge in [0.25, 0.3) is 15.7 Å². The number of H-pyrrole nitrogens is 1. The first-order valence-electron chi connectivity index (χ1n) is 11.6. The molecule has 0 fully saturated rings. The molecule has 0 atom stereocenters. The molecule has 0 spiro atoms. The van der Waals surface area contributed by atoms with Crippen LogP contribution < -0.4 is 5.56 Å². The zero-order valence-electron chi connectivity index (χ0n) is 21.5. The number of nitrogens with zero attached hydrogens (tertiary/aromatic N) is 5.